The Hall–Kier alpha value is -1.30. The minimum absolute atomic E-state index is 0.00350. The largest absolute Gasteiger partial charge is 0.408 e. The van der Waals surface area contributed by atoms with E-state index in [0.29, 0.717) is 6.61 Å². The van der Waals surface area contributed by atoms with E-state index in [2.05, 4.69) is 38.8 Å². The number of hydrogen-bond acceptors (Lipinski definition) is 7. The van der Waals surface area contributed by atoms with Gasteiger partial charge in [-0.25, -0.2) is 4.79 Å². The van der Waals surface area contributed by atoms with Crippen molar-refractivity contribution in [3.05, 3.63) is 33.1 Å². The summed E-state index contributed by atoms with van der Waals surface area (Å²) in [5.74, 6) is 0. The molecule has 2 fully saturated rings. The molecule has 9 nitrogen and oxygen atoms in total. The lowest BCUT2D eigenvalue weighted by Crippen LogP contribution is -2.51. The normalized spacial score (nSPS) is 28.2. The fourth-order valence-electron chi connectivity index (χ4n) is 3.78. The molecule has 0 radical (unpaired) electrons. The quantitative estimate of drug-likeness (QED) is 0.630. The fraction of sp³-hybridized carbons (Fsp3) is 0.810. The molecule has 31 heavy (non-hydrogen) atoms. The highest BCUT2D eigenvalue weighted by Gasteiger charge is 2.51. The zero-order valence-electron chi connectivity index (χ0n) is 19.6. The van der Waals surface area contributed by atoms with E-state index < -0.39 is 44.1 Å². The van der Waals surface area contributed by atoms with Gasteiger partial charge >= 0.3 is 5.69 Å². The summed E-state index contributed by atoms with van der Waals surface area (Å²) in [5.41, 5.74) is -0.990. The van der Waals surface area contributed by atoms with Crippen molar-refractivity contribution >= 4 is 8.32 Å². The van der Waals surface area contributed by atoms with Crippen molar-refractivity contribution in [3.63, 3.8) is 0 Å². The minimum atomic E-state index is -2.17. The number of ether oxygens (including phenoxy) is 2. The van der Waals surface area contributed by atoms with E-state index in [1.807, 2.05) is 5.06 Å². The summed E-state index contributed by atoms with van der Waals surface area (Å²) in [6.45, 7) is 13.0. The van der Waals surface area contributed by atoms with Gasteiger partial charge in [-0.3, -0.25) is 19.2 Å². The molecular formula is C21H37N3O6Si. The second kappa shape index (κ2) is 9.68. The molecule has 1 aromatic rings. The fourth-order valence-corrected chi connectivity index (χ4v) is 5.10. The topological polar surface area (TPSA) is 95.0 Å². The van der Waals surface area contributed by atoms with Crippen molar-refractivity contribution in [1.82, 2.24) is 14.6 Å². The number of nitrogens with zero attached hydrogens (tertiary/aromatic N) is 2. The zero-order chi connectivity index (χ0) is 22.8. The molecule has 4 atom stereocenters. The summed E-state index contributed by atoms with van der Waals surface area (Å²) in [7, 11) is -0.575. The van der Waals surface area contributed by atoms with E-state index in [1.54, 1.807) is 7.11 Å². The van der Waals surface area contributed by atoms with Gasteiger partial charge in [0, 0.05) is 32.5 Å². The number of nitrogens with one attached hydrogen (secondary N) is 1. The van der Waals surface area contributed by atoms with Gasteiger partial charge in [0.2, 0.25) is 0 Å². The Morgan fingerprint density at radius 3 is 2.42 bits per heavy atom. The first-order chi connectivity index (χ1) is 14.5. The van der Waals surface area contributed by atoms with Gasteiger partial charge in [0.15, 0.2) is 14.5 Å². The second-order valence-corrected chi connectivity index (χ2v) is 14.7. The number of aromatic nitrogens is 2. The molecule has 3 rings (SSSR count). The Morgan fingerprint density at radius 2 is 1.84 bits per heavy atom. The van der Waals surface area contributed by atoms with E-state index in [9.17, 15) is 9.59 Å². The Balaban J connectivity index is 1.87. The number of rotatable bonds is 7. The van der Waals surface area contributed by atoms with Crippen LogP contribution in [0, 0.1) is 0 Å². The van der Waals surface area contributed by atoms with Crippen LogP contribution in [0.1, 0.15) is 46.3 Å². The van der Waals surface area contributed by atoms with Gasteiger partial charge in [0.25, 0.3) is 5.56 Å². The van der Waals surface area contributed by atoms with Gasteiger partial charge in [-0.05, 0) is 31.0 Å². The first-order valence-electron chi connectivity index (χ1n) is 11.1. The number of aromatic amines is 1. The third-order valence-electron chi connectivity index (χ3n) is 6.66. The smallest absolute Gasteiger partial charge is 0.330 e. The highest BCUT2D eigenvalue weighted by atomic mass is 28.4. The van der Waals surface area contributed by atoms with Gasteiger partial charge in [-0.15, -0.1) is 0 Å². The molecule has 0 aliphatic carbocycles. The average Bonchev–Trinajstić information content (AvgIpc) is 3.02. The van der Waals surface area contributed by atoms with Gasteiger partial charge in [0.1, 0.15) is 18.3 Å². The number of H-pyrrole nitrogens is 1. The van der Waals surface area contributed by atoms with Gasteiger partial charge in [0.05, 0.1) is 6.61 Å². The number of piperidine rings is 1. The lowest BCUT2D eigenvalue weighted by molar-refractivity contribution is -0.199. The van der Waals surface area contributed by atoms with Crippen LogP contribution in [0.3, 0.4) is 0 Å². The lowest BCUT2D eigenvalue weighted by Gasteiger charge is -2.40. The van der Waals surface area contributed by atoms with Crippen molar-refractivity contribution in [2.75, 3.05) is 26.8 Å². The Kier molecular flexibility index (Phi) is 7.60. The molecule has 2 aliphatic rings. The van der Waals surface area contributed by atoms with Crippen LogP contribution in [0.25, 0.3) is 0 Å². The number of hydroxylamine groups is 2. The van der Waals surface area contributed by atoms with Gasteiger partial charge < -0.3 is 13.9 Å². The van der Waals surface area contributed by atoms with Crippen LogP contribution in [0.5, 0.6) is 0 Å². The Labute approximate surface area is 184 Å². The predicted molar refractivity (Wildman–Crippen MR) is 119 cm³/mol. The zero-order valence-corrected chi connectivity index (χ0v) is 20.6. The Bertz CT molecular complexity index is 842. The molecule has 2 aliphatic heterocycles. The maximum absolute atomic E-state index is 12.5. The third kappa shape index (κ3) is 5.55. The molecule has 3 heterocycles. The SMILES string of the molecule is COC1C(O[Si](C)(C)C(C)(C)C)[C@@H](CON2CCCCC2)O[C@H]1n1ccc(=O)[nH]c1=O. The van der Waals surface area contributed by atoms with E-state index in [0.717, 1.165) is 25.9 Å². The molecule has 2 saturated heterocycles. The van der Waals surface area contributed by atoms with Crippen LogP contribution in [0.2, 0.25) is 18.1 Å². The van der Waals surface area contributed by atoms with Crippen LogP contribution < -0.4 is 11.2 Å². The summed E-state index contributed by atoms with van der Waals surface area (Å²) in [4.78, 5) is 32.3. The Morgan fingerprint density at radius 1 is 1.16 bits per heavy atom. The van der Waals surface area contributed by atoms with E-state index in [-0.39, 0.29) is 5.04 Å². The first kappa shape index (κ1) is 24.3. The van der Waals surface area contributed by atoms with Crippen molar-refractivity contribution < 1.29 is 18.7 Å². The van der Waals surface area contributed by atoms with Crippen LogP contribution >= 0.6 is 0 Å². The summed E-state index contributed by atoms with van der Waals surface area (Å²) < 4.78 is 20.2. The van der Waals surface area contributed by atoms with Crippen molar-refractivity contribution in [2.24, 2.45) is 0 Å². The molecule has 10 heteroatoms. The summed E-state index contributed by atoms with van der Waals surface area (Å²) in [6.07, 6.45) is 2.84. The maximum atomic E-state index is 12.5. The molecule has 1 aromatic heterocycles. The highest BCUT2D eigenvalue weighted by molar-refractivity contribution is 6.74. The van der Waals surface area contributed by atoms with Crippen LogP contribution in [0.15, 0.2) is 21.9 Å². The van der Waals surface area contributed by atoms with Crippen molar-refractivity contribution in [1.29, 1.82) is 0 Å². The molecule has 176 valence electrons. The van der Waals surface area contributed by atoms with Crippen LogP contribution in [-0.2, 0) is 18.7 Å². The average molecular weight is 456 g/mol. The third-order valence-corrected chi connectivity index (χ3v) is 11.1. The summed E-state index contributed by atoms with van der Waals surface area (Å²) >= 11 is 0. The van der Waals surface area contributed by atoms with Gasteiger partial charge in [-0.1, -0.05) is 27.2 Å². The summed E-state index contributed by atoms with van der Waals surface area (Å²) in [6, 6.07) is 1.30. The summed E-state index contributed by atoms with van der Waals surface area (Å²) in [5, 5.41) is 1.98. The molecule has 0 aromatic carbocycles. The molecule has 2 unspecified atom stereocenters. The lowest BCUT2D eigenvalue weighted by atomic mass is 10.1. The van der Waals surface area contributed by atoms with Crippen molar-refractivity contribution in [2.45, 2.75) is 82.7 Å². The molecule has 0 spiro atoms. The maximum Gasteiger partial charge on any atom is 0.330 e. The highest BCUT2D eigenvalue weighted by Crippen LogP contribution is 2.41. The van der Waals surface area contributed by atoms with E-state index >= 15 is 0 Å². The van der Waals surface area contributed by atoms with Gasteiger partial charge in [-0.2, -0.15) is 5.06 Å². The van der Waals surface area contributed by atoms with E-state index in [4.69, 9.17) is 18.7 Å². The standard InChI is InChI=1S/C21H37N3O6Si/c1-21(2,3)31(5,6)30-17-15(14-28-23-11-8-7-9-12-23)29-19(18(17)27-4)24-13-10-16(25)22-20(24)26/h10,13,15,17-19H,7-9,11-12,14H2,1-6H3,(H,22,25,26)/t15-,17?,18?,19-/m1/s1. The second-order valence-electron chi connectivity index (χ2n) is 9.91. The molecule has 0 amide bonds. The number of methoxy groups -OCH3 is 1. The molecule has 0 saturated carbocycles. The van der Waals surface area contributed by atoms with Crippen molar-refractivity contribution in [3.8, 4) is 0 Å². The first-order valence-corrected chi connectivity index (χ1v) is 14.0. The number of hydrogen-bond donors (Lipinski definition) is 1. The van der Waals surface area contributed by atoms with E-state index in [1.165, 1.54) is 23.3 Å². The molecule has 1 N–H and O–H groups in total. The minimum Gasteiger partial charge on any atom is -0.408 e. The monoisotopic (exact) mass is 455 g/mol. The van der Waals surface area contributed by atoms with Crippen LogP contribution in [-0.4, -0.2) is 68.0 Å². The van der Waals surface area contributed by atoms with Crippen LogP contribution in [0.4, 0.5) is 0 Å². The molecule has 0 bridgehead atoms. The molecular weight excluding hydrogens is 418 g/mol. The predicted octanol–water partition coefficient (Wildman–Crippen LogP) is 2.26.